The van der Waals surface area contributed by atoms with Crippen molar-refractivity contribution in [3.05, 3.63) is 65.4 Å². The van der Waals surface area contributed by atoms with Crippen molar-refractivity contribution >= 4 is 28.2 Å². The van der Waals surface area contributed by atoms with Crippen LogP contribution in [0.2, 0.25) is 0 Å². The quantitative estimate of drug-likeness (QED) is 0.301. The molecule has 6 rings (SSSR count). The number of nitrogens with zero attached hydrogens (tertiary/aromatic N) is 8. The highest BCUT2D eigenvalue weighted by atomic mass is 16.5. The molecule has 1 saturated carbocycles. The van der Waals surface area contributed by atoms with Gasteiger partial charge < -0.3 is 29.2 Å². The second-order valence-corrected chi connectivity index (χ2v) is 13.9. The lowest BCUT2D eigenvalue weighted by Gasteiger charge is -2.42. The molecule has 3 aliphatic rings. The molecule has 1 atom stereocenters. The van der Waals surface area contributed by atoms with Crippen LogP contribution >= 0.6 is 0 Å². The fourth-order valence-corrected chi connectivity index (χ4v) is 7.48. The average Bonchev–Trinajstić information content (AvgIpc) is 3.03. The lowest BCUT2D eigenvalue weighted by Crippen LogP contribution is -2.55. The lowest BCUT2D eigenvalue weighted by atomic mass is 9.80. The highest BCUT2D eigenvalue weighted by molar-refractivity contribution is 5.99. The van der Waals surface area contributed by atoms with Gasteiger partial charge in [-0.1, -0.05) is 30.8 Å². The van der Waals surface area contributed by atoms with Gasteiger partial charge in [-0.25, -0.2) is 0 Å². The van der Waals surface area contributed by atoms with E-state index in [1.807, 2.05) is 0 Å². The predicted molar refractivity (Wildman–Crippen MR) is 187 cm³/mol. The fourth-order valence-electron chi connectivity index (χ4n) is 7.48. The molecule has 10 nitrogen and oxygen atoms in total. The summed E-state index contributed by atoms with van der Waals surface area (Å²) >= 11 is 0. The minimum absolute atomic E-state index is 0.134. The van der Waals surface area contributed by atoms with E-state index in [0.717, 1.165) is 49.4 Å². The van der Waals surface area contributed by atoms with Crippen molar-refractivity contribution in [2.45, 2.75) is 57.8 Å². The van der Waals surface area contributed by atoms with Crippen LogP contribution in [0.25, 0.3) is 10.8 Å². The Hall–Kier alpha value is -4.20. The molecule has 1 aliphatic carbocycles. The SMILES string of the molecule is C=CC(=O)N1CCN(c2nc(OCC3CC(N(C)C)C3)nc3c2CCN(c2ccc(CN(C)C)c4cccc(C)c24)C3)C[C@@H]1CC#N. The van der Waals surface area contributed by atoms with Crippen molar-refractivity contribution < 1.29 is 9.53 Å². The van der Waals surface area contributed by atoms with Gasteiger partial charge in [0.15, 0.2) is 0 Å². The Morgan fingerprint density at radius 3 is 2.64 bits per heavy atom. The molecule has 3 heterocycles. The molecule has 2 aromatic carbocycles. The zero-order valence-corrected chi connectivity index (χ0v) is 28.6. The summed E-state index contributed by atoms with van der Waals surface area (Å²) in [6.45, 7) is 10.5. The number of rotatable bonds is 10. The van der Waals surface area contributed by atoms with Crippen LogP contribution in [-0.2, 0) is 24.3 Å². The van der Waals surface area contributed by atoms with E-state index in [-0.39, 0.29) is 18.4 Å². The maximum atomic E-state index is 12.6. The van der Waals surface area contributed by atoms with Crippen molar-refractivity contribution in [1.82, 2.24) is 24.7 Å². The normalized spacial score (nSPS) is 21.1. The standard InChI is InChI=1S/C37H48N8O2/c1-7-34(46)45-18-17-44(22-28(45)13-15-38)36-31-14-16-43(23-32(31)39-37(40-36)47-24-26-19-29(20-26)42(5)6)33-12-11-27(21-41(3)4)30-10-8-9-25(2)35(30)33/h7-12,26,28-29H,1,13-14,16-24H2,2-6H3/t26?,28-,29?/m0/s1. The van der Waals surface area contributed by atoms with Gasteiger partial charge in [0.25, 0.3) is 0 Å². The summed E-state index contributed by atoms with van der Waals surface area (Å²) < 4.78 is 6.35. The molecule has 0 bridgehead atoms. The Kier molecular flexibility index (Phi) is 9.67. The van der Waals surface area contributed by atoms with Gasteiger partial charge in [0.2, 0.25) is 5.91 Å². The number of hydrogen-bond donors (Lipinski definition) is 0. The first-order valence-electron chi connectivity index (χ1n) is 16.8. The van der Waals surface area contributed by atoms with E-state index in [1.165, 1.54) is 33.7 Å². The van der Waals surface area contributed by atoms with Gasteiger partial charge in [-0.2, -0.15) is 15.2 Å². The van der Waals surface area contributed by atoms with E-state index in [4.69, 9.17) is 14.7 Å². The van der Waals surface area contributed by atoms with Crippen LogP contribution in [0.1, 0.15) is 41.6 Å². The molecule has 0 N–H and O–H groups in total. The lowest BCUT2D eigenvalue weighted by molar-refractivity contribution is -0.128. The zero-order valence-electron chi connectivity index (χ0n) is 28.6. The third kappa shape index (κ3) is 6.78. The van der Waals surface area contributed by atoms with E-state index in [9.17, 15) is 10.1 Å². The summed E-state index contributed by atoms with van der Waals surface area (Å²) in [7, 11) is 8.49. The summed E-state index contributed by atoms with van der Waals surface area (Å²) in [4.78, 5) is 33.6. The topological polar surface area (TPSA) is 92.1 Å². The third-order valence-electron chi connectivity index (χ3n) is 10.1. The minimum Gasteiger partial charge on any atom is -0.463 e. The van der Waals surface area contributed by atoms with Crippen molar-refractivity contribution in [2.24, 2.45) is 5.92 Å². The Balaban J connectivity index is 1.33. The van der Waals surface area contributed by atoms with Gasteiger partial charge in [-0.3, -0.25) is 4.79 Å². The van der Waals surface area contributed by atoms with Gasteiger partial charge in [0.05, 0.1) is 37.4 Å². The van der Waals surface area contributed by atoms with Gasteiger partial charge in [-0.15, -0.1) is 0 Å². The molecule has 2 aliphatic heterocycles. The first kappa shape index (κ1) is 32.7. The zero-order chi connectivity index (χ0) is 33.2. The number of fused-ring (bicyclic) bond motifs is 2. The van der Waals surface area contributed by atoms with Gasteiger partial charge in [0.1, 0.15) is 5.82 Å². The number of nitriles is 1. The average molecular weight is 637 g/mol. The summed E-state index contributed by atoms with van der Waals surface area (Å²) in [5, 5.41) is 12.2. The first-order valence-corrected chi connectivity index (χ1v) is 16.8. The van der Waals surface area contributed by atoms with Crippen LogP contribution < -0.4 is 14.5 Å². The molecular weight excluding hydrogens is 588 g/mol. The Morgan fingerprint density at radius 1 is 1.11 bits per heavy atom. The number of anilines is 2. The van der Waals surface area contributed by atoms with Crippen LogP contribution in [0.3, 0.4) is 0 Å². The van der Waals surface area contributed by atoms with E-state index < -0.39 is 0 Å². The number of amides is 1. The fraction of sp³-hybridized carbons (Fsp3) is 0.514. The molecule has 2 fully saturated rings. The predicted octanol–water partition coefficient (Wildman–Crippen LogP) is 4.40. The molecule has 0 spiro atoms. The minimum atomic E-state index is -0.234. The van der Waals surface area contributed by atoms with Crippen LogP contribution in [0.4, 0.5) is 11.5 Å². The third-order valence-corrected chi connectivity index (χ3v) is 10.1. The van der Waals surface area contributed by atoms with Crippen LogP contribution in [0.5, 0.6) is 6.01 Å². The molecule has 3 aromatic rings. The Bertz CT molecular complexity index is 1680. The largest absolute Gasteiger partial charge is 0.463 e. The Labute approximate surface area is 279 Å². The molecule has 1 aromatic heterocycles. The van der Waals surface area contributed by atoms with E-state index in [1.54, 1.807) is 4.90 Å². The number of piperazine rings is 1. The first-order chi connectivity index (χ1) is 22.7. The molecule has 0 radical (unpaired) electrons. The number of benzene rings is 2. The Morgan fingerprint density at radius 2 is 1.91 bits per heavy atom. The van der Waals surface area contributed by atoms with Gasteiger partial charge in [0, 0.05) is 55.4 Å². The maximum Gasteiger partial charge on any atom is 0.318 e. The number of hydrogen-bond acceptors (Lipinski definition) is 9. The monoisotopic (exact) mass is 636 g/mol. The summed E-state index contributed by atoms with van der Waals surface area (Å²) in [6.07, 6.45) is 4.62. The number of aromatic nitrogens is 2. The molecule has 0 unspecified atom stereocenters. The van der Waals surface area contributed by atoms with Crippen molar-refractivity contribution in [3.8, 4) is 12.1 Å². The number of aryl methyl sites for hydroxylation is 1. The van der Waals surface area contributed by atoms with Gasteiger partial charge in [-0.05, 0) is 89.0 Å². The second-order valence-electron chi connectivity index (χ2n) is 13.9. The maximum absolute atomic E-state index is 12.6. The van der Waals surface area contributed by atoms with Crippen molar-refractivity contribution in [3.63, 3.8) is 0 Å². The van der Waals surface area contributed by atoms with Crippen LogP contribution in [0.15, 0.2) is 43.0 Å². The summed E-state index contributed by atoms with van der Waals surface area (Å²) in [5.41, 5.74) is 5.93. The molecule has 1 saturated heterocycles. The van der Waals surface area contributed by atoms with E-state index in [0.29, 0.717) is 50.8 Å². The number of ether oxygens (including phenoxy) is 1. The summed E-state index contributed by atoms with van der Waals surface area (Å²) in [6, 6.07) is 14.2. The summed E-state index contributed by atoms with van der Waals surface area (Å²) in [5.74, 6) is 1.23. The van der Waals surface area contributed by atoms with Crippen LogP contribution in [0, 0.1) is 24.2 Å². The molecule has 47 heavy (non-hydrogen) atoms. The second kappa shape index (κ2) is 13.9. The van der Waals surface area contributed by atoms with E-state index in [2.05, 4.69) is 97.7 Å². The highest BCUT2D eigenvalue weighted by Crippen LogP contribution is 2.38. The molecule has 1 amide bonds. The molecule has 248 valence electrons. The highest BCUT2D eigenvalue weighted by Gasteiger charge is 2.35. The molecule has 10 heteroatoms. The number of carbonyl (C=O) groups is 1. The smallest absolute Gasteiger partial charge is 0.318 e. The van der Waals surface area contributed by atoms with Gasteiger partial charge >= 0.3 is 6.01 Å². The van der Waals surface area contributed by atoms with E-state index >= 15 is 0 Å². The molecular formula is C37H48N8O2. The van der Waals surface area contributed by atoms with Crippen LogP contribution in [-0.4, -0.2) is 104 Å². The number of carbonyl (C=O) groups excluding carboxylic acids is 1. The van der Waals surface area contributed by atoms with Crippen molar-refractivity contribution in [2.75, 3.05) is 70.8 Å². The van der Waals surface area contributed by atoms with Crippen molar-refractivity contribution in [1.29, 1.82) is 5.26 Å².